The normalized spacial score (nSPS) is 6.10. The van der Waals surface area contributed by atoms with E-state index >= 15 is 0 Å². The molecule has 0 unspecified atom stereocenters. The molecule has 0 fully saturated rings. The fraction of sp³-hybridized carbons (Fsp3) is 0.250. The third-order valence-electron chi connectivity index (χ3n) is 0.940. The molecule has 1 aromatic carbocycles. The van der Waals surface area contributed by atoms with Gasteiger partial charge in [0.1, 0.15) is 0 Å². The first-order valence-electron chi connectivity index (χ1n) is 2.41. The van der Waals surface area contributed by atoms with Crippen molar-refractivity contribution in [2.75, 3.05) is 0 Å². The van der Waals surface area contributed by atoms with Crippen LogP contribution in [-0.2, 0) is 0 Å². The Morgan fingerprint density at radius 1 is 1.00 bits per heavy atom. The molecule has 0 aliphatic carbocycles. The summed E-state index contributed by atoms with van der Waals surface area (Å²) in [5.41, 5.74) is 1.32. The Kier molecular flexibility index (Phi) is 15.8. The predicted octanol–water partition coefficient (Wildman–Crippen LogP) is -3.14. The van der Waals surface area contributed by atoms with Crippen LogP contribution in [0.5, 0.6) is 0 Å². The summed E-state index contributed by atoms with van der Waals surface area (Å²) in [5.74, 6) is 0. The molecule has 0 amide bonds. The summed E-state index contributed by atoms with van der Waals surface area (Å²) in [7, 11) is 0. The third kappa shape index (κ3) is 6.53. The van der Waals surface area contributed by atoms with Gasteiger partial charge in [0.2, 0.25) is 0 Å². The van der Waals surface area contributed by atoms with E-state index in [0.29, 0.717) is 0 Å². The van der Waals surface area contributed by atoms with Gasteiger partial charge in [0, 0.05) is 0 Å². The zero-order chi connectivity index (χ0) is 5.11. The summed E-state index contributed by atoms with van der Waals surface area (Å²) in [6.45, 7) is 2.08. The van der Waals surface area contributed by atoms with Crippen LogP contribution in [0.25, 0.3) is 0 Å². The Bertz CT molecular complexity index is 145. The maximum Gasteiger partial charge on any atom is 1.00 e. The van der Waals surface area contributed by atoms with Crippen molar-refractivity contribution in [3.63, 3.8) is 0 Å². The van der Waals surface area contributed by atoms with Gasteiger partial charge in [0.05, 0.1) is 0 Å². The molecule has 0 aliphatic rings. The summed E-state index contributed by atoms with van der Waals surface area (Å²) in [5, 5.41) is 0. The molecule has 0 nitrogen and oxygen atoms in total. The molecular formula is C8H14Li2. The average Bonchev–Trinajstić information content (AvgIpc) is 1.69. The molecule has 0 heterocycles. The van der Waals surface area contributed by atoms with Crippen LogP contribution in [0.2, 0.25) is 0 Å². The molecule has 0 saturated heterocycles. The van der Waals surface area contributed by atoms with E-state index in [-0.39, 0.29) is 48.0 Å². The summed E-state index contributed by atoms with van der Waals surface area (Å²) in [6, 6.07) is 10.3. The minimum Gasteiger partial charge on any atom is -1.00 e. The monoisotopic (exact) mass is 124 g/mol. The molecule has 0 saturated carbocycles. The summed E-state index contributed by atoms with van der Waals surface area (Å²) in [4.78, 5) is 0. The van der Waals surface area contributed by atoms with Crippen molar-refractivity contribution in [2.45, 2.75) is 14.4 Å². The number of rotatable bonds is 0. The molecule has 0 bridgehead atoms. The average molecular weight is 124 g/mol. The Labute approximate surface area is 90.7 Å². The van der Waals surface area contributed by atoms with Crippen molar-refractivity contribution >= 4 is 0 Å². The van der Waals surface area contributed by atoms with Crippen LogP contribution >= 0.6 is 0 Å². The zero-order valence-corrected chi connectivity index (χ0v) is 6.39. The van der Waals surface area contributed by atoms with E-state index in [0.717, 1.165) is 0 Å². The Balaban J connectivity index is -0.0000000327. The number of hydrogen-bond acceptors (Lipinski definition) is 0. The van der Waals surface area contributed by atoms with Gasteiger partial charge >= 0.3 is 37.7 Å². The molecule has 1 aromatic rings. The van der Waals surface area contributed by atoms with Gasteiger partial charge in [-0.1, -0.05) is 43.3 Å². The maximum absolute atomic E-state index is 2.08. The van der Waals surface area contributed by atoms with Crippen LogP contribution < -0.4 is 37.7 Å². The molecule has 1 rings (SSSR count). The molecule has 0 radical (unpaired) electrons. The van der Waals surface area contributed by atoms with Gasteiger partial charge in [0.15, 0.2) is 0 Å². The van der Waals surface area contributed by atoms with E-state index < -0.39 is 0 Å². The summed E-state index contributed by atoms with van der Waals surface area (Å²) in [6.07, 6.45) is 0. The van der Waals surface area contributed by atoms with E-state index in [4.69, 9.17) is 0 Å². The van der Waals surface area contributed by atoms with Crippen LogP contribution in [-0.4, -0.2) is 0 Å². The fourth-order valence-electron chi connectivity index (χ4n) is 0.534. The van der Waals surface area contributed by atoms with Gasteiger partial charge in [-0.2, -0.15) is 0 Å². The fourth-order valence-corrected chi connectivity index (χ4v) is 0.534. The van der Waals surface area contributed by atoms with Crippen molar-refractivity contribution in [3.05, 3.63) is 35.9 Å². The first-order chi connectivity index (χ1) is 3.39. The topological polar surface area (TPSA) is 0 Å². The van der Waals surface area contributed by atoms with E-state index in [1.54, 1.807) is 0 Å². The molecular weight excluding hydrogens is 110 g/mol. The molecule has 0 atom stereocenters. The molecule has 0 N–H and O–H groups in total. The van der Waals surface area contributed by atoms with Crippen molar-refractivity contribution in [1.29, 1.82) is 0 Å². The van der Waals surface area contributed by atoms with Crippen molar-refractivity contribution in [1.82, 2.24) is 0 Å². The van der Waals surface area contributed by atoms with Gasteiger partial charge in [-0.15, -0.1) is 0 Å². The second-order valence-corrected chi connectivity index (χ2v) is 1.65. The minimum atomic E-state index is 0. The molecule has 0 aromatic heterocycles. The van der Waals surface area contributed by atoms with E-state index in [1.807, 2.05) is 18.2 Å². The van der Waals surface area contributed by atoms with Crippen LogP contribution in [0.15, 0.2) is 30.3 Å². The number of hydrogen-bond donors (Lipinski definition) is 0. The van der Waals surface area contributed by atoms with Crippen LogP contribution in [0.1, 0.15) is 15.8 Å². The number of benzene rings is 1. The van der Waals surface area contributed by atoms with Crippen LogP contribution in [0.4, 0.5) is 0 Å². The van der Waals surface area contributed by atoms with Gasteiger partial charge in [-0.25, -0.2) is 0 Å². The molecule has 10 heavy (non-hydrogen) atoms. The van der Waals surface area contributed by atoms with Gasteiger partial charge < -0.3 is 2.85 Å². The summed E-state index contributed by atoms with van der Waals surface area (Å²) < 4.78 is 0. The largest absolute Gasteiger partial charge is 1.00 e. The smallest absolute Gasteiger partial charge is 1.00 e. The van der Waals surface area contributed by atoms with Crippen molar-refractivity contribution in [2.24, 2.45) is 0 Å². The molecule has 0 aliphatic heterocycles. The van der Waals surface area contributed by atoms with Crippen molar-refractivity contribution in [3.8, 4) is 0 Å². The van der Waals surface area contributed by atoms with Gasteiger partial charge in [0.25, 0.3) is 0 Å². The Hall–Kier alpha value is 0.415. The van der Waals surface area contributed by atoms with Gasteiger partial charge in [-0.3, -0.25) is 0 Å². The van der Waals surface area contributed by atoms with Crippen molar-refractivity contribution < 1.29 is 40.6 Å². The second kappa shape index (κ2) is 9.41. The van der Waals surface area contributed by atoms with Crippen LogP contribution in [0, 0.1) is 6.92 Å². The Morgan fingerprint density at radius 3 is 1.60 bits per heavy atom. The molecule has 0 spiro atoms. The predicted molar refractivity (Wildman–Crippen MR) is 40.1 cm³/mol. The molecule has 2 heteroatoms. The Morgan fingerprint density at radius 2 is 1.40 bits per heavy atom. The first-order valence-corrected chi connectivity index (χ1v) is 2.41. The quantitative estimate of drug-likeness (QED) is 0.321. The number of aryl methyl sites for hydroxylation is 1. The minimum absolute atomic E-state index is 0. The maximum atomic E-state index is 2.08. The van der Waals surface area contributed by atoms with E-state index in [2.05, 4.69) is 19.1 Å². The van der Waals surface area contributed by atoms with Gasteiger partial charge in [-0.05, 0) is 6.92 Å². The zero-order valence-electron chi connectivity index (χ0n) is 8.39. The second-order valence-electron chi connectivity index (χ2n) is 1.65. The van der Waals surface area contributed by atoms with E-state index in [9.17, 15) is 0 Å². The molecule has 48 valence electrons. The SMILES string of the molecule is C.Cc1ccccc1.[H-].[H-].[Li+].[Li+]. The standard InChI is InChI=1S/C7H8.CH4.2Li.2H/c1-7-5-3-2-4-6-7;;;;;/h2-6H,1H3;1H4;;;;/q;;2*+1;2*-1. The van der Waals surface area contributed by atoms with E-state index in [1.165, 1.54) is 5.56 Å². The summed E-state index contributed by atoms with van der Waals surface area (Å²) >= 11 is 0. The van der Waals surface area contributed by atoms with Crippen LogP contribution in [0.3, 0.4) is 0 Å². The first kappa shape index (κ1) is 16.8. The third-order valence-corrected chi connectivity index (χ3v) is 0.940.